The Morgan fingerprint density at radius 1 is 1.38 bits per heavy atom. The van der Waals surface area contributed by atoms with Crippen LogP contribution in [0.1, 0.15) is 43.4 Å². The van der Waals surface area contributed by atoms with Gasteiger partial charge in [-0.3, -0.25) is 4.90 Å². The Kier molecular flexibility index (Phi) is 5.80. The molecule has 1 saturated heterocycles. The second-order valence-electron chi connectivity index (χ2n) is 6.59. The van der Waals surface area contributed by atoms with Crippen molar-refractivity contribution in [1.29, 1.82) is 0 Å². The van der Waals surface area contributed by atoms with Gasteiger partial charge in [0.1, 0.15) is 0 Å². The zero-order chi connectivity index (χ0) is 15.4. The summed E-state index contributed by atoms with van der Waals surface area (Å²) in [5, 5.41) is 0. The van der Waals surface area contributed by atoms with Gasteiger partial charge in [0.05, 0.1) is 0 Å². The number of benzene rings is 1. The molecule has 1 aromatic carbocycles. The van der Waals surface area contributed by atoms with Crippen molar-refractivity contribution in [3.05, 3.63) is 35.4 Å². The van der Waals surface area contributed by atoms with Crippen LogP contribution in [-0.2, 0) is 0 Å². The van der Waals surface area contributed by atoms with Crippen LogP contribution in [0, 0.1) is 6.92 Å². The Bertz CT molecular complexity index is 446. The summed E-state index contributed by atoms with van der Waals surface area (Å²) in [6.45, 7) is 6.71. The van der Waals surface area contributed by atoms with Gasteiger partial charge in [-0.1, -0.05) is 31.2 Å². The summed E-state index contributed by atoms with van der Waals surface area (Å²) < 4.78 is 0. The largest absolute Gasteiger partial charge is 0.326 e. The third-order valence-electron chi connectivity index (χ3n) is 5.03. The van der Waals surface area contributed by atoms with Crippen LogP contribution in [0.25, 0.3) is 0 Å². The van der Waals surface area contributed by atoms with E-state index in [2.05, 4.69) is 62.0 Å². The molecular formula is C18H31N3. The Morgan fingerprint density at radius 3 is 2.67 bits per heavy atom. The number of nitrogens with two attached hydrogens (primary N) is 1. The SMILES string of the molecule is CCC(N)C(c1ccccc1C)N(C)CC1CCCN1C. The molecule has 1 aliphatic heterocycles. The number of hydrogen-bond donors (Lipinski definition) is 1. The average molecular weight is 289 g/mol. The van der Waals surface area contributed by atoms with Crippen LogP contribution in [0.4, 0.5) is 0 Å². The lowest BCUT2D eigenvalue weighted by molar-refractivity contribution is 0.157. The van der Waals surface area contributed by atoms with Gasteiger partial charge < -0.3 is 10.6 Å². The highest BCUT2D eigenvalue weighted by Gasteiger charge is 2.29. The van der Waals surface area contributed by atoms with E-state index in [0.717, 1.165) is 13.0 Å². The Hall–Kier alpha value is -0.900. The number of likely N-dealkylation sites (tertiary alicyclic amines) is 1. The van der Waals surface area contributed by atoms with Crippen molar-refractivity contribution in [2.45, 2.75) is 51.2 Å². The van der Waals surface area contributed by atoms with E-state index < -0.39 is 0 Å². The molecule has 3 heteroatoms. The van der Waals surface area contributed by atoms with Crippen molar-refractivity contribution in [3.8, 4) is 0 Å². The van der Waals surface area contributed by atoms with E-state index in [1.165, 1.54) is 30.5 Å². The maximum Gasteiger partial charge on any atom is 0.0499 e. The first-order valence-electron chi connectivity index (χ1n) is 8.26. The molecule has 3 nitrogen and oxygen atoms in total. The molecule has 1 aromatic rings. The highest BCUT2D eigenvalue weighted by molar-refractivity contribution is 5.30. The molecule has 0 aliphatic carbocycles. The molecule has 0 aromatic heterocycles. The van der Waals surface area contributed by atoms with Crippen LogP contribution >= 0.6 is 0 Å². The van der Waals surface area contributed by atoms with Crippen molar-refractivity contribution in [3.63, 3.8) is 0 Å². The van der Waals surface area contributed by atoms with Crippen LogP contribution in [0.3, 0.4) is 0 Å². The fourth-order valence-electron chi connectivity index (χ4n) is 3.59. The minimum atomic E-state index is 0.183. The Balaban J connectivity index is 2.17. The summed E-state index contributed by atoms with van der Waals surface area (Å²) in [6.07, 6.45) is 3.64. The first-order valence-corrected chi connectivity index (χ1v) is 8.26. The van der Waals surface area contributed by atoms with Crippen LogP contribution < -0.4 is 5.73 Å². The molecule has 3 unspecified atom stereocenters. The zero-order valence-electron chi connectivity index (χ0n) is 14.0. The Labute approximate surface area is 130 Å². The molecule has 0 amide bonds. The zero-order valence-corrected chi connectivity index (χ0v) is 14.0. The third-order valence-corrected chi connectivity index (χ3v) is 5.03. The first-order chi connectivity index (χ1) is 10.0. The smallest absolute Gasteiger partial charge is 0.0499 e. The first kappa shape index (κ1) is 16.5. The Morgan fingerprint density at radius 2 is 2.10 bits per heavy atom. The van der Waals surface area contributed by atoms with Gasteiger partial charge in [0.25, 0.3) is 0 Å². The van der Waals surface area contributed by atoms with E-state index in [1.54, 1.807) is 0 Å². The summed E-state index contributed by atoms with van der Waals surface area (Å²) in [7, 11) is 4.48. The van der Waals surface area contributed by atoms with Crippen molar-refractivity contribution < 1.29 is 0 Å². The van der Waals surface area contributed by atoms with E-state index >= 15 is 0 Å². The normalized spacial score (nSPS) is 22.7. The van der Waals surface area contributed by atoms with Gasteiger partial charge in [-0.2, -0.15) is 0 Å². The van der Waals surface area contributed by atoms with Crippen molar-refractivity contribution in [2.24, 2.45) is 5.73 Å². The standard InChI is InChI=1S/C18H31N3/c1-5-17(19)18(16-11-7-6-9-14(16)2)21(4)13-15-10-8-12-20(15)3/h6-7,9,11,15,17-18H,5,8,10,12-13,19H2,1-4H3. The molecular weight excluding hydrogens is 258 g/mol. The van der Waals surface area contributed by atoms with Crippen LogP contribution in [-0.4, -0.2) is 49.1 Å². The van der Waals surface area contributed by atoms with Crippen LogP contribution in [0.15, 0.2) is 24.3 Å². The molecule has 1 aliphatic rings. The van der Waals surface area contributed by atoms with E-state index in [1.807, 2.05) is 0 Å². The lowest BCUT2D eigenvalue weighted by atomic mass is 9.93. The van der Waals surface area contributed by atoms with Gasteiger partial charge >= 0.3 is 0 Å². The van der Waals surface area contributed by atoms with Crippen molar-refractivity contribution in [1.82, 2.24) is 9.80 Å². The van der Waals surface area contributed by atoms with Crippen molar-refractivity contribution in [2.75, 3.05) is 27.2 Å². The van der Waals surface area contributed by atoms with Crippen LogP contribution in [0.5, 0.6) is 0 Å². The monoisotopic (exact) mass is 289 g/mol. The number of hydrogen-bond acceptors (Lipinski definition) is 3. The van der Waals surface area contributed by atoms with E-state index in [0.29, 0.717) is 12.1 Å². The predicted octanol–water partition coefficient (Wildman–Crippen LogP) is 2.80. The van der Waals surface area contributed by atoms with E-state index in [9.17, 15) is 0 Å². The fraction of sp³-hybridized carbons (Fsp3) is 0.667. The summed E-state index contributed by atoms with van der Waals surface area (Å²) in [5.41, 5.74) is 9.20. The summed E-state index contributed by atoms with van der Waals surface area (Å²) in [4.78, 5) is 4.96. The number of nitrogens with zero attached hydrogens (tertiary/aromatic N) is 2. The van der Waals surface area contributed by atoms with E-state index in [-0.39, 0.29) is 6.04 Å². The lowest BCUT2D eigenvalue weighted by Crippen LogP contribution is -2.44. The predicted molar refractivity (Wildman–Crippen MR) is 90.5 cm³/mol. The highest BCUT2D eigenvalue weighted by atomic mass is 15.2. The van der Waals surface area contributed by atoms with Gasteiger partial charge in [0, 0.05) is 24.7 Å². The molecule has 3 atom stereocenters. The topological polar surface area (TPSA) is 32.5 Å². The summed E-state index contributed by atoms with van der Waals surface area (Å²) >= 11 is 0. The molecule has 0 bridgehead atoms. The van der Waals surface area contributed by atoms with Crippen LogP contribution in [0.2, 0.25) is 0 Å². The van der Waals surface area contributed by atoms with Gasteiger partial charge in [-0.25, -0.2) is 0 Å². The number of rotatable bonds is 6. The minimum Gasteiger partial charge on any atom is -0.326 e. The minimum absolute atomic E-state index is 0.183. The quantitative estimate of drug-likeness (QED) is 0.874. The molecule has 1 fully saturated rings. The second kappa shape index (κ2) is 7.39. The number of likely N-dealkylation sites (N-methyl/N-ethyl adjacent to an activating group) is 2. The van der Waals surface area contributed by atoms with Crippen molar-refractivity contribution >= 4 is 0 Å². The highest BCUT2D eigenvalue weighted by Crippen LogP contribution is 2.28. The van der Waals surface area contributed by atoms with Gasteiger partial charge in [-0.15, -0.1) is 0 Å². The van der Waals surface area contributed by atoms with Gasteiger partial charge in [-0.05, 0) is 58.0 Å². The molecule has 21 heavy (non-hydrogen) atoms. The molecule has 2 rings (SSSR count). The molecule has 1 heterocycles. The van der Waals surface area contributed by atoms with Gasteiger partial charge in [0.15, 0.2) is 0 Å². The number of aryl methyl sites for hydroxylation is 1. The lowest BCUT2D eigenvalue weighted by Gasteiger charge is -2.36. The van der Waals surface area contributed by atoms with Gasteiger partial charge in [0.2, 0.25) is 0 Å². The third kappa shape index (κ3) is 3.85. The average Bonchev–Trinajstić information content (AvgIpc) is 2.86. The fourth-order valence-corrected chi connectivity index (χ4v) is 3.59. The van der Waals surface area contributed by atoms with E-state index in [4.69, 9.17) is 5.73 Å². The maximum atomic E-state index is 6.47. The molecule has 118 valence electrons. The second-order valence-corrected chi connectivity index (χ2v) is 6.59. The molecule has 0 radical (unpaired) electrons. The summed E-state index contributed by atoms with van der Waals surface area (Å²) in [6, 6.07) is 9.84. The molecule has 0 spiro atoms. The molecule has 0 saturated carbocycles. The maximum absolute atomic E-state index is 6.47. The molecule has 2 N–H and O–H groups in total. The summed E-state index contributed by atoms with van der Waals surface area (Å²) in [5.74, 6) is 0.